The van der Waals surface area contributed by atoms with Crippen LogP contribution >= 0.6 is 0 Å². The summed E-state index contributed by atoms with van der Waals surface area (Å²) in [7, 11) is 1.43. The van der Waals surface area contributed by atoms with Crippen molar-refractivity contribution in [1.82, 2.24) is 0 Å². The molecule has 5 N–H and O–H groups in total. The van der Waals surface area contributed by atoms with Gasteiger partial charge in [-0.15, -0.1) is 0 Å². The molecule has 5 atom stereocenters. The van der Waals surface area contributed by atoms with E-state index in [4.69, 9.17) is 14.2 Å². The molecule has 1 fully saturated rings. The fraction of sp³-hybridized carbons (Fsp3) is 0.214. The summed E-state index contributed by atoms with van der Waals surface area (Å²) >= 11 is 0. The third-order valence-corrected chi connectivity index (χ3v) is 9.82. The molecular formula is C42H38O9. The molecule has 0 amide bonds. The van der Waals surface area contributed by atoms with Crippen molar-refractivity contribution >= 4 is 11.9 Å². The lowest BCUT2D eigenvalue weighted by Crippen LogP contribution is -2.42. The number of carbonyl (C=O) groups excluding carboxylic acids is 1. The number of benzene rings is 5. The van der Waals surface area contributed by atoms with Gasteiger partial charge in [-0.2, -0.15) is 0 Å². The van der Waals surface area contributed by atoms with Crippen molar-refractivity contribution in [2.75, 3.05) is 7.11 Å². The third kappa shape index (κ3) is 6.93. The Hall–Kier alpha value is -5.93. The summed E-state index contributed by atoms with van der Waals surface area (Å²) < 4.78 is 19.4. The molecule has 2 aliphatic rings. The highest BCUT2D eigenvalue weighted by Gasteiger charge is 2.51. The van der Waals surface area contributed by atoms with E-state index in [0.29, 0.717) is 30.4 Å². The first-order valence-electron chi connectivity index (χ1n) is 16.8. The number of rotatable bonds is 9. The van der Waals surface area contributed by atoms with Gasteiger partial charge in [-0.1, -0.05) is 54.6 Å². The molecule has 7 rings (SSSR count). The zero-order valence-corrected chi connectivity index (χ0v) is 27.8. The number of fused-ring (bicyclic) bond motifs is 3. The van der Waals surface area contributed by atoms with Crippen LogP contribution in [0.2, 0.25) is 0 Å². The first kappa shape index (κ1) is 33.6. The van der Waals surface area contributed by atoms with Crippen molar-refractivity contribution in [2.24, 2.45) is 5.92 Å². The van der Waals surface area contributed by atoms with Crippen molar-refractivity contribution in [1.29, 1.82) is 0 Å². The molecule has 5 aromatic rings. The monoisotopic (exact) mass is 686 g/mol. The Kier molecular flexibility index (Phi) is 9.30. The van der Waals surface area contributed by atoms with Crippen LogP contribution in [0, 0.1) is 5.92 Å². The van der Waals surface area contributed by atoms with Gasteiger partial charge in [-0.3, -0.25) is 4.79 Å². The van der Waals surface area contributed by atoms with E-state index >= 15 is 0 Å². The number of ether oxygens (including phenoxy) is 3. The van der Waals surface area contributed by atoms with Crippen LogP contribution in [0.15, 0.2) is 109 Å². The molecule has 0 saturated carbocycles. The van der Waals surface area contributed by atoms with Crippen molar-refractivity contribution < 1.29 is 44.5 Å². The minimum Gasteiger partial charge on any atom is -0.508 e. The van der Waals surface area contributed by atoms with Gasteiger partial charge in [0.15, 0.2) is 5.78 Å². The topological polar surface area (TPSA) is 146 Å². The average molecular weight is 687 g/mol. The standard InChI is InChI=1S/C42H38O9/c1-49-36-23-35(48)37-33-22-32(20-6-24-2-12-28(43)13-3-24)50-40(26-8-16-30(45)17-9-26)38(33)41(27-10-18-31(46)19-11-27)51-42(37)39(36)34(47)21-7-25-4-14-29(44)15-5-25/h2-5,7-19,21,23,32-33,38,40-41,43-46,48H,6,20,22H2,1H3/b21-7+/t32-,33-,38+,40+,41-/m0/s1. The molecule has 9 nitrogen and oxygen atoms in total. The van der Waals surface area contributed by atoms with Crippen molar-refractivity contribution in [2.45, 2.75) is 43.5 Å². The zero-order valence-electron chi connectivity index (χ0n) is 27.8. The molecule has 0 aromatic heterocycles. The second-order valence-corrected chi connectivity index (χ2v) is 13.0. The molecule has 260 valence electrons. The Morgan fingerprint density at radius 2 is 1.31 bits per heavy atom. The Bertz CT molecular complexity index is 2040. The number of methoxy groups -OCH3 is 1. The summed E-state index contributed by atoms with van der Waals surface area (Å²) in [6, 6.07) is 28.6. The maximum atomic E-state index is 14.1. The van der Waals surface area contributed by atoms with Crippen LogP contribution in [0.1, 0.15) is 69.1 Å². The molecule has 1 saturated heterocycles. The van der Waals surface area contributed by atoms with E-state index in [0.717, 1.165) is 16.7 Å². The number of aromatic hydroxyl groups is 5. The van der Waals surface area contributed by atoms with Gasteiger partial charge in [0.25, 0.3) is 0 Å². The van der Waals surface area contributed by atoms with Crippen molar-refractivity contribution in [3.63, 3.8) is 0 Å². The molecule has 51 heavy (non-hydrogen) atoms. The normalized spacial score (nSPS) is 21.0. The average Bonchev–Trinajstić information content (AvgIpc) is 3.14. The van der Waals surface area contributed by atoms with Crippen molar-refractivity contribution in [3.05, 3.63) is 143 Å². The molecule has 0 unspecified atom stereocenters. The lowest BCUT2D eigenvalue weighted by atomic mass is 9.68. The summed E-state index contributed by atoms with van der Waals surface area (Å²) in [6.45, 7) is 0. The highest BCUT2D eigenvalue weighted by Crippen LogP contribution is 2.60. The van der Waals surface area contributed by atoms with Gasteiger partial charge in [0.1, 0.15) is 51.9 Å². The van der Waals surface area contributed by atoms with Gasteiger partial charge in [0.05, 0.1) is 19.3 Å². The van der Waals surface area contributed by atoms with Gasteiger partial charge in [-0.05, 0) is 96.1 Å². The van der Waals surface area contributed by atoms with Gasteiger partial charge in [0, 0.05) is 23.5 Å². The van der Waals surface area contributed by atoms with Crippen LogP contribution in [0.4, 0.5) is 0 Å². The quantitative estimate of drug-likeness (QED) is 0.0767. The van der Waals surface area contributed by atoms with E-state index in [1.807, 2.05) is 24.3 Å². The van der Waals surface area contributed by atoms with Crippen LogP contribution in [-0.4, -0.2) is 44.5 Å². The number of phenolic OH excluding ortho intramolecular Hbond substituents is 5. The summed E-state index contributed by atoms with van der Waals surface area (Å²) in [5.74, 6) is -0.344. The lowest BCUT2D eigenvalue weighted by molar-refractivity contribution is -0.134. The van der Waals surface area contributed by atoms with E-state index in [1.165, 1.54) is 31.4 Å². The molecule has 5 aromatic carbocycles. The molecular weight excluding hydrogens is 648 g/mol. The van der Waals surface area contributed by atoms with Crippen LogP contribution in [0.3, 0.4) is 0 Å². The molecule has 0 aliphatic carbocycles. The number of ketones is 1. The largest absolute Gasteiger partial charge is 0.508 e. The fourth-order valence-corrected chi connectivity index (χ4v) is 7.34. The summed E-state index contributed by atoms with van der Waals surface area (Å²) in [5.41, 5.74) is 3.94. The number of aryl methyl sites for hydroxylation is 1. The molecule has 0 bridgehead atoms. The second-order valence-electron chi connectivity index (χ2n) is 13.0. The van der Waals surface area contributed by atoms with Crippen molar-refractivity contribution in [3.8, 4) is 40.2 Å². The van der Waals surface area contributed by atoms with E-state index in [9.17, 15) is 30.3 Å². The first-order chi connectivity index (χ1) is 24.7. The Labute approximate surface area is 295 Å². The van der Waals surface area contributed by atoms with Crippen LogP contribution < -0.4 is 9.47 Å². The third-order valence-electron chi connectivity index (χ3n) is 9.82. The predicted molar refractivity (Wildman–Crippen MR) is 191 cm³/mol. The minimum atomic E-state index is -0.681. The smallest absolute Gasteiger partial charge is 0.193 e. The zero-order chi connectivity index (χ0) is 35.6. The number of phenols is 5. The van der Waals surface area contributed by atoms with Gasteiger partial charge < -0.3 is 39.7 Å². The van der Waals surface area contributed by atoms with E-state index in [1.54, 1.807) is 66.7 Å². The number of allylic oxidation sites excluding steroid dienone is 1. The lowest BCUT2D eigenvalue weighted by Gasteiger charge is -2.49. The summed E-state index contributed by atoms with van der Waals surface area (Å²) in [4.78, 5) is 14.1. The van der Waals surface area contributed by atoms with Crippen LogP contribution in [0.5, 0.6) is 40.2 Å². The molecule has 2 heterocycles. The summed E-state index contributed by atoms with van der Waals surface area (Å²) in [6.07, 6.45) is 3.36. The minimum absolute atomic E-state index is 0.0660. The van der Waals surface area contributed by atoms with Gasteiger partial charge in [0.2, 0.25) is 0 Å². The Balaban J connectivity index is 1.36. The summed E-state index contributed by atoms with van der Waals surface area (Å²) in [5, 5.41) is 51.5. The molecule has 0 spiro atoms. The Morgan fingerprint density at radius 3 is 1.90 bits per heavy atom. The number of carbonyl (C=O) groups is 1. The van der Waals surface area contributed by atoms with Crippen LogP contribution in [-0.2, 0) is 11.2 Å². The highest BCUT2D eigenvalue weighted by atomic mass is 16.5. The molecule has 2 aliphatic heterocycles. The predicted octanol–water partition coefficient (Wildman–Crippen LogP) is 8.12. The maximum absolute atomic E-state index is 14.1. The molecule has 9 heteroatoms. The first-order valence-corrected chi connectivity index (χ1v) is 16.8. The Morgan fingerprint density at radius 1 is 0.765 bits per heavy atom. The fourth-order valence-electron chi connectivity index (χ4n) is 7.34. The SMILES string of the molecule is COc1cc(O)c2c(c1C(=O)/C=C/c1ccc(O)cc1)O[C@@H](c1ccc(O)cc1)[C@H]1[C@@H](c3ccc(O)cc3)O[C@@H](CCc3ccc(O)cc3)C[C@@H]21. The number of hydrogen-bond donors (Lipinski definition) is 5. The van der Waals surface area contributed by atoms with Gasteiger partial charge >= 0.3 is 0 Å². The van der Waals surface area contributed by atoms with Crippen LogP contribution in [0.25, 0.3) is 6.08 Å². The number of hydrogen-bond acceptors (Lipinski definition) is 9. The van der Waals surface area contributed by atoms with E-state index in [-0.39, 0.29) is 57.8 Å². The second kappa shape index (κ2) is 14.1. The van der Waals surface area contributed by atoms with Gasteiger partial charge in [-0.25, -0.2) is 0 Å². The van der Waals surface area contributed by atoms with E-state index < -0.39 is 23.9 Å². The highest BCUT2D eigenvalue weighted by molar-refractivity contribution is 6.11. The molecule has 0 radical (unpaired) electrons. The van der Waals surface area contributed by atoms with E-state index in [2.05, 4.69) is 0 Å². The maximum Gasteiger partial charge on any atom is 0.193 e.